The van der Waals surface area contributed by atoms with Crippen LogP contribution in [0.5, 0.6) is 11.6 Å². The van der Waals surface area contributed by atoms with E-state index in [9.17, 15) is 0 Å². The molecular formula is C15H13ClN2O2. The maximum Gasteiger partial charge on any atom is 0.292 e. The highest BCUT2D eigenvalue weighted by Gasteiger charge is 2.11. The number of hydrogen-bond donors (Lipinski definition) is 0. The van der Waals surface area contributed by atoms with Crippen molar-refractivity contribution in [2.45, 2.75) is 20.5 Å². The normalized spacial score (nSPS) is 9.90. The fraction of sp³-hybridized carbons (Fsp3) is 0.200. The highest BCUT2D eigenvalue weighted by Crippen LogP contribution is 2.28. The maximum atomic E-state index is 8.63. The average Bonchev–Trinajstić information content (AvgIpc) is 2.42. The second-order valence-corrected chi connectivity index (χ2v) is 4.68. The molecule has 102 valence electrons. The molecular weight excluding hydrogens is 276 g/mol. The summed E-state index contributed by atoms with van der Waals surface area (Å²) >= 11 is 6.11. The average molecular weight is 289 g/mol. The molecule has 0 spiro atoms. The van der Waals surface area contributed by atoms with Crippen molar-refractivity contribution in [2.75, 3.05) is 0 Å². The summed E-state index contributed by atoms with van der Waals surface area (Å²) in [5, 5.41) is 9.12. The van der Waals surface area contributed by atoms with Crippen LogP contribution in [0.4, 0.5) is 0 Å². The van der Waals surface area contributed by atoms with Crippen molar-refractivity contribution in [2.24, 2.45) is 0 Å². The van der Waals surface area contributed by atoms with Crippen molar-refractivity contribution < 1.29 is 9.47 Å². The van der Waals surface area contributed by atoms with E-state index in [1.165, 1.54) is 0 Å². The number of benzene rings is 1. The quantitative estimate of drug-likeness (QED) is 0.803. The molecule has 0 amide bonds. The van der Waals surface area contributed by atoms with Gasteiger partial charge < -0.3 is 9.47 Å². The summed E-state index contributed by atoms with van der Waals surface area (Å²) in [6, 6.07) is 8.97. The molecule has 1 aromatic heterocycles. The maximum absolute atomic E-state index is 8.63. The Bertz CT molecular complexity index is 665. The minimum Gasteiger partial charge on any atom is -0.472 e. The first kappa shape index (κ1) is 14.2. The Morgan fingerprint density at radius 3 is 2.80 bits per heavy atom. The van der Waals surface area contributed by atoms with Crippen LogP contribution < -0.4 is 9.47 Å². The molecule has 0 saturated heterocycles. The third kappa shape index (κ3) is 3.19. The van der Waals surface area contributed by atoms with Gasteiger partial charge in [0.25, 0.3) is 6.26 Å². The monoisotopic (exact) mass is 288 g/mol. The third-order valence-electron chi connectivity index (χ3n) is 2.77. The predicted molar refractivity (Wildman–Crippen MR) is 75.7 cm³/mol. The third-order valence-corrected chi connectivity index (χ3v) is 3.13. The van der Waals surface area contributed by atoms with Gasteiger partial charge in [0, 0.05) is 11.3 Å². The van der Waals surface area contributed by atoms with Gasteiger partial charge in [0.15, 0.2) is 0 Å². The molecule has 5 heteroatoms. The summed E-state index contributed by atoms with van der Waals surface area (Å²) in [7, 11) is 0. The number of ether oxygens (including phenoxy) is 2. The van der Waals surface area contributed by atoms with Gasteiger partial charge in [-0.15, -0.1) is 5.26 Å². The van der Waals surface area contributed by atoms with Gasteiger partial charge >= 0.3 is 0 Å². The zero-order valence-electron chi connectivity index (χ0n) is 11.2. The molecule has 0 bridgehead atoms. The molecule has 0 radical (unpaired) electrons. The Hall–Kier alpha value is -2.25. The lowest BCUT2D eigenvalue weighted by molar-refractivity contribution is 0.286. The van der Waals surface area contributed by atoms with Crippen LogP contribution in [0.25, 0.3) is 0 Å². The van der Waals surface area contributed by atoms with E-state index in [4.69, 9.17) is 26.3 Å². The molecule has 0 saturated carbocycles. The molecule has 0 N–H and O–H groups in total. The van der Waals surface area contributed by atoms with E-state index in [-0.39, 0.29) is 6.61 Å². The fourth-order valence-electron chi connectivity index (χ4n) is 1.71. The van der Waals surface area contributed by atoms with Crippen molar-refractivity contribution in [1.29, 1.82) is 5.26 Å². The van der Waals surface area contributed by atoms with Crippen LogP contribution in [-0.4, -0.2) is 4.98 Å². The van der Waals surface area contributed by atoms with E-state index in [2.05, 4.69) is 4.98 Å². The van der Waals surface area contributed by atoms with E-state index in [0.29, 0.717) is 22.2 Å². The van der Waals surface area contributed by atoms with Crippen molar-refractivity contribution in [1.82, 2.24) is 4.98 Å². The first-order valence-electron chi connectivity index (χ1n) is 6.02. The summed E-state index contributed by atoms with van der Waals surface area (Å²) in [5.74, 6) is 0.943. The van der Waals surface area contributed by atoms with Gasteiger partial charge in [0.05, 0.1) is 10.6 Å². The number of pyridine rings is 1. The molecule has 20 heavy (non-hydrogen) atoms. The van der Waals surface area contributed by atoms with Crippen LogP contribution >= 0.6 is 11.6 Å². The van der Waals surface area contributed by atoms with Crippen LogP contribution in [-0.2, 0) is 6.61 Å². The molecule has 4 nitrogen and oxygen atoms in total. The van der Waals surface area contributed by atoms with Crippen LogP contribution in [0.1, 0.15) is 16.8 Å². The molecule has 0 unspecified atom stereocenters. The lowest BCUT2D eigenvalue weighted by Gasteiger charge is -2.11. The summed E-state index contributed by atoms with van der Waals surface area (Å²) < 4.78 is 10.6. The Kier molecular flexibility index (Phi) is 4.44. The predicted octanol–water partition coefficient (Wildman–Crippen LogP) is 3.79. The van der Waals surface area contributed by atoms with Gasteiger partial charge in [0.1, 0.15) is 12.4 Å². The van der Waals surface area contributed by atoms with Gasteiger partial charge in [-0.05, 0) is 32.0 Å². The van der Waals surface area contributed by atoms with Gasteiger partial charge in [0.2, 0.25) is 5.88 Å². The second-order valence-electron chi connectivity index (χ2n) is 4.27. The largest absolute Gasteiger partial charge is 0.472 e. The number of halogens is 1. The smallest absolute Gasteiger partial charge is 0.292 e. The lowest BCUT2D eigenvalue weighted by Crippen LogP contribution is -2.02. The Morgan fingerprint density at radius 1 is 1.25 bits per heavy atom. The highest BCUT2D eigenvalue weighted by atomic mass is 35.5. The van der Waals surface area contributed by atoms with Crippen molar-refractivity contribution in [3.8, 4) is 17.9 Å². The molecule has 0 aliphatic rings. The van der Waals surface area contributed by atoms with E-state index in [1.54, 1.807) is 24.5 Å². The number of aromatic nitrogens is 1. The molecule has 2 aromatic rings. The summed E-state index contributed by atoms with van der Waals surface area (Å²) in [4.78, 5) is 4.32. The number of rotatable bonds is 4. The fourth-order valence-corrected chi connectivity index (χ4v) is 1.93. The van der Waals surface area contributed by atoms with Gasteiger partial charge in [-0.25, -0.2) is 4.98 Å². The molecule has 0 fully saturated rings. The topological polar surface area (TPSA) is 55.1 Å². The highest BCUT2D eigenvalue weighted by molar-refractivity contribution is 6.31. The summed E-state index contributed by atoms with van der Waals surface area (Å²) in [5.41, 5.74) is 2.43. The standard InChI is InChI=1S/C15H13ClN2O2/c1-10-6-7-11(2)18-15(10)19-8-12-13(16)4-3-5-14(12)20-9-17/h3-7H,8H2,1-2H3. The number of aryl methyl sites for hydroxylation is 2. The summed E-state index contributed by atoms with van der Waals surface area (Å²) in [6.45, 7) is 4.00. The molecule has 2 rings (SSSR count). The zero-order valence-corrected chi connectivity index (χ0v) is 11.9. The molecule has 0 aliphatic carbocycles. The van der Waals surface area contributed by atoms with Gasteiger partial charge in [-0.3, -0.25) is 0 Å². The van der Waals surface area contributed by atoms with E-state index in [0.717, 1.165) is 11.3 Å². The van der Waals surface area contributed by atoms with Gasteiger partial charge in [-0.2, -0.15) is 0 Å². The first-order valence-corrected chi connectivity index (χ1v) is 6.40. The number of nitriles is 1. The molecule has 0 atom stereocenters. The second kappa shape index (κ2) is 6.27. The van der Waals surface area contributed by atoms with Crippen molar-refractivity contribution >= 4 is 11.6 Å². The minimum absolute atomic E-state index is 0.188. The number of nitrogens with zero attached hydrogens (tertiary/aromatic N) is 2. The molecule has 1 heterocycles. The Morgan fingerprint density at radius 2 is 2.05 bits per heavy atom. The SMILES string of the molecule is Cc1ccc(C)c(OCc2c(Cl)cccc2OC#N)n1. The Labute approximate surface area is 122 Å². The van der Waals surface area contributed by atoms with Crippen LogP contribution in [0.15, 0.2) is 30.3 Å². The van der Waals surface area contributed by atoms with E-state index >= 15 is 0 Å². The van der Waals surface area contributed by atoms with E-state index < -0.39 is 0 Å². The molecule has 0 aliphatic heterocycles. The molecule has 1 aromatic carbocycles. The van der Waals surface area contributed by atoms with Gasteiger partial charge in [-0.1, -0.05) is 23.7 Å². The first-order chi connectivity index (χ1) is 9.61. The van der Waals surface area contributed by atoms with E-state index in [1.807, 2.05) is 26.0 Å². The van der Waals surface area contributed by atoms with Crippen molar-refractivity contribution in [3.05, 3.63) is 52.2 Å². The Balaban J connectivity index is 2.23. The number of hydrogen-bond acceptors (Lipinski definition) is 4. The summed E-state index contributed by atoms with van der Waals surface area (Å²) in [6.07, 6.45) is 1.64. The zero-order chi connectivity index (χ0) is 14.5. The van der Waals surface area contributed by atoms with Crippen molar-refractivity contribution in [3.63, 3.8) is 0 Å². The van der Waals surface area contributed by atoms with Crippen LogP contribution in [0.3, 0.4) is 0 Å². The van der Waals surface area contributed by atoms with Crippen LogP contribution in [0, 0.1) is 25.4 Å². The minimum atomic E-state index is 0.188. The van der Waals surface area contributed by atoms with Crippen LogP contribution in [0.2, 0.25) is 5.02 Å². The lowest BCUT2D eigenvalue weighted by atomic mass is 10.2.